The summed E-state index contributed by atoms with van der Waals surface area (Å²) in [6.07, 6.45) is 20.5. The number of fused-ring (bicyclic) bond motifs is 2. The fourth-order valence-electron chi connectivity index (χ4n) is 9.56. The molecule has 1 heterocycles. The largest absolute Gasteiger partial charge is 0.459 e. The molecule has 2 amide bonds. The van der Waals surface area contributed by atoms with Crippen molar-refractivity contribution in [1.29, 1.82) is 0 Å². The number of hydrogen-bond donors (Lipinski definition) is 3. The molecule has 332 valence electrons. The lowest BCUT2D eigenvalue weighted by Gasteiger charge is -2.59. The highest BCUT2D eigenvalue weighted by Gasteiger charge is 2.65. The van der Waals surface area contributed by atoms with Crippen LogP contribution in [0.2, 0.25) is 0 Å². The molecule has 3 N–H and O–H groups in total. The number of aliphatic hydroxyl groups excluding tert-OH is 2. The number of allylic oxidation sites excluding steroid dienone is 1. The summed E-state index contributed by atoms with van der Waals surface area (Å²) >= 11 is 0. The molecule has 12 nitrogen and oxygen atoms in total. The minimum absolute atomic E-state index is 0.0496. The molecular weight excluding hydrogens is 751 g/mol. The van der Waals surface area contributed by atoms with Gasteiger partial charge in [-0.2, -0.15) is 0 Å². The van der Waals surface area contributed by atoms with Crippen LogP contribution in [0.5, 0.6) is 11.5 Å². The van der Waals surface area contributed by atoms with Crippen LogP contribution in [-0.2, 0) is 14.3 Å². The average Bonchev–Trinajstić information content (AvgIpc) is 3.23. The monoisotopic (exact) mass is 826 g/mol. The predicted molar refractivity (Wildman–Crippen MR) is 232 cm³/mol. The van der Waals surface area contributed by atoms with Crippen molar-refractivity contribution in [3.8, 4) is 11.5 Å². The normalized spacial score (nSPS) is 23.7. The van der Waals surface area contributed by atoms with Gasteiger partial charge in [0, 0.05) is 44.2 Å². The molecule has 0 saturated heterocycles. The average molecular weight is 826 g/mol. The van der Waals surface area contributed by atoms with E-state index in [1.165, 1.54) is 52.1 Å². The molecule has 12 heteroatoms. The standard InChI is InChI=1S/C47H75N3O9/c1-6-10-11-12-13-14-15-16-17-22-31-56-46(54)50(27-7-2)42-34-40(49-55-5)38-32-35(23-18-20-28-51)37(24-19-21-29-52)43-39-33-36(58-45(53)48-9-4)25-26-41(39)59-47(42,44(38)43)57-30-8-3/h8,25-26,32-33,35,37,42-44,51-52H,3,6-7,9-24,27-31,34H2,1-2,4-5H3,(H,48,53). The van der Waals surface area contributed by atoms with Crippen LogP contribution in [0.1, 0.15) is 148 Å². The van der Waals surface area contributed by atoms with E-state index in [0.29, 0.717) is 56.9 Å². The summed E-state index contributed by atoms with van der Waals surface area (Å²) in [5, 5.41) is 27.0. The molecule has 0 radical (unpaired) electrons. The first-order valence-electron chi connectivity index (χ1n) is 22.8. The lowest BCUT2D eigenvalue weighted by molar-refractivity contribution is -0.255. The molecule has 0 aromatic heterocycles. The summed E-state index contributed by atoms with van der Waals surface area (Å²) < 4.78 is 26.0. The maximum Gasteiger partial charge on any atom is 0.412 e. The number of carbonyl (C=O) groups is 2. The van der Waals surface area contributed by atoms with Crippen LogP contribution in [0, 0.1) is 17.8 Å². The van der Waals surface area contributed by atoms with Crippen molar-refractivity contribution in [3.05, 3.63) is 48.1 Å². The van der Waals surface area contributed by atoms with Crippen molar-refractivity contribution in [1.82, 2.24) is 10.2 Å². The van der Waals surface area contributed by atoms with Crippen molar-refractivity contribution < 1.29 is 43.6 Å². The van der Waals surface area contributed by atoms with E-state index in [4.69, 9.17) is 23.8 Å². The summed E-state index contributed by atoms with van der Waals surface area (Å²) in [5.74, 6) is -0.935. The van der Waals surface area contributed by atoms with E-state index in [-0.39, 0.29) is 37.6 Å². The smallest absolute Gasteiger partial charge is 0.412 e. The SMILES string of the molecule is C=CCOC12Oc3ccc(OC(=O)NCC)cc3C3C(CCCCO)C(CCCCO)C=C(C(=NOC)CC1N(CCC)C(=O)OCCCCCCCCCCCC)C32. The Bertz CT molecular complexity index is 1500. The van der Waals surface area contributed by atoms with Crippen molar-refractivity contribution >= 4 is 17.9 Å². The molecule has 1 saturated carbocycles. The van der Waals surface area contributed by atoms with Gasteiger partial charge in [-0.25, -0.2) is 9.59 Å². The van der Waals surface area contributed by atoms with Crippen molar-refractivity contribution in [3.63, 3.8) is 0 Å². The Labute approximate surface area is 354 Å². The molecule has 1 aromatic rings. The Kier molecular flexibility index (Phi) is 21.1. The Hall–Kier alpha value is -3.61. The topological polar surface area (TPSA) is 148 Å². The summed E-state index contributed by atoms with van der Waals surface area (Å²) in [7, 11) is 1.54. The third-order valence-corrected chi connectivity index (χ3v) is 12.2. The number of amides is 2. The molecule has 4 rings (SSSR count). The second-order valence-corrected chi connectivity index (χ2v) is 16.4. The number of hydrogen-bond acceptors (Lipinski definition) is 10. The van der Waals surface area contributed by atoms with Crippen LogP contribution in [0.25, 0.3) is 0 Å². The highest BCUT2D eigenvalue weighted by Crippen LogP contribution is 2.62. The number of unbranched alkanes of at least 4 members (excludes halogenated alkanes) is 11. The number of ether oxygens (including phenoxy) is 4. The molecule has 3 aliphatic rings. The third-order valence-electron chi connectivity index (χ3n) is 12.2. The van der Waals surface area contributed by atoms with Crippen LogP contribution in [0.15, 0.2) is 47.7 Å². The number of nitrogens with one attached hydrogen (secondary N) is 1. The summed E-state index contributed by atoms with van der Waals surface area (Å²) in [6.45, 7) is 11.7. The molecule has 59 heavy (non-hydrogen) atoms. The van der Waals surface area contributed by atoms with Crippen LogP contribution in [0.4, 0.5) is 9.59 Å². The van der Waals surface area contributed by atoms with Gasteiger partial charge in [-0.3, -0.25) is 4.90 Å². The summed E-state index contributed by atoms with van der Waals surface area (Å²) in [4.78, 5) is 34.3. The van der Waals surface area contributed by atoms with E-state index >= 15 is 0 Å². The van der Waals surface area contributed by atoms with Crippen molar-refractivity contribution in [2.24, 2.45) is 22.9 Å². The van der Waals surface area contributed by atoms with E-state index in [1.54, 1.807) is 17.0 Å². The molecule has 6 atom stereocenters. The number of nitrogens with zero attached hydrogens (tertiary/aromatic N) is 2. The Balaban J connectivity index is 1.77. The van der Waals surface area contributed by atoms with Crippen LogP contribution >= 0.6 is 0 Å². The molecule has 2 aliphatic carbocycles. The summed E-state index contributed by atoms with van der Waals surface area (Å²) in [6, 6.07) is 4.83. The quantitative estimate of drug-likeness (QED) is 0.0427. The Morgan fingerprint density at radius 1 is 0.949 bits per heavy atom. The second kappa shape index (κ2) is 25.9. The number of benzene rings is 1. The lowest BCUT2D eigenvalue weighted by atomic mass is 9.55. The van der Waals surface area contributed by atoms with Gasteiger partial charge in [0.15, 0.2) is 0 Å². The van der Waals surface area contributed by atoms with Gasteiger partial charge in [-0.1, -0.05) is 102 Å². The van der Waals surface area contributed by atoms with Gasteiger partial charge in [0.25, 0.3) is 0 Å². The van der Waals surface area contributed by atoms with Crippen LogP contribution in [0.3, 0.4) is 0 Å². The maximum absolute atomic E-state index is 14.4. The van der Waals surface area contributed by atoms with Gasteiger partial charge in [-0.15, -0.1) is 6.58 Å². The minimum atomic E-state index is -1.37. The molecule has 0 bridgehead atoms. The van der Waals surface area contributed by atoms with Gasteiger partial charge in [0.05, 0.1) is 24.8 Å². The number of oxime groups is 1. The summed E-state index contributed by atoms with van der Waals surface area (Å²) in [5.41, 5.74) is 2.54. The molecule has 1 aromatic carbocycles. The number of rotatable bonds is 28. The second-order valence-electron chi connectivity index (χ2n) is 16.4. The maximum atomic E-state index is 14.4. The fourth-order valence-corrected chi connectivity index (χ4v) is 9.56. The zero-order valence-corrected chi connectivity index (χ0v) is 36.6. The molecule has 6 unspecified atom stereocenters. The van der Waals surface area contributed by atoms with Crippen molar-refractivity contribution in [2.75, 3.05) is 46.6 Å². The molecule has 1 fully saturated rings. The molecule has 0 spiro atoms. The predicted octanol–water partition coefficient (Wildman–Crippen LogP) is 9.83. The van der Waals surface area contributed by atoms with Gasteiger partial charge >= 0.3 is 12.2 Å². The minimum Gasteiger partial charge on any atom is -0.459 e. The van der Waals surface area contributed by atoms with Gasteiger partial charge in [-0.05, 0) is 81.1 Å². The van der Waals surface area contributed by atoms with Crippen LogP contribution < -0.4 is 14.8 Å². The van der Waals surface area contributed by atoms with E-state index in [1.807, 2.05) is 26.0 Å². The zero-order valence-electron chi connectivity index (χ0n) is 36.6. The van der Waals surface area contributed by atoms with Gasteiger partial charge < -0.3 is 39.3 Å². The first-order valence-corrected chi connectivity index (χ1v) is 22.8. The van der Waals surface area contributed by atoms with Crippen molar-refractivity contribution in [2.45, 2.75) is 154 Å². The van der Waals surface area contributed by atoms with E-state index < -0.39 is 29.9 Å². The molecular formula is C47H75N3O9. The van der Waals surface area contributed by atoms with Gasteiger partial charge in [0.1, 0.15) is 24.7 Å². The Morgan fingerprint density at radius 3 is 2.29 bits per heavy atom. The first kappa shape index (κ1) is 48.1. The number of carbonyl (C=O) groups excluding carboxylic acids is 2. The third kappa shape index (κ3) is 12.9. The zero-order chi connectivity index (χ0) is 42.5. The lowest BCUT2D eigenvalue weighted by Crippen LogP contribution is -2.70. The Morgan fingerprint density at radius 2 is 1.64 bits per heavy atom. The molecule has 1 aliphatic heterocycles. The first-order chi connectivity index (χ1) is 28.8. The van der Waals surface area contributed by atoms with Gasteiger partial charge in [0.2, 0.25) is 5.79 Å². The van der Waals surface area contributed by atoms with E-state index in [2.05, 4.69) is 30.1 Å². The highest BCUT2D eigenvalue weighted by atomic mass is 16.7. The van der Waals surface area contributed by atoms with E-state index in [0.717, 1.165) is 61.8 Å². The van der Waals surface area contributed by atoms with Crippen LogP contribution in [-0.4, -0.2) is 91.5 Å². The van der Waals surface area contributed by atoms with E-state index in [9.17, 15) is 19.8 Å². The highest BCUT2D eigenvalue weighted by molar-refractivity contribution is 6.03. The number of aliphatic hydroxyl groups is 2. The fraction of sp³-hybridized carbons (Fsp3) is 0.723.